The fourth-order valence-electron chi connectivity index (χ4n) is 7.63. The molecule has 0 aliphatic rings. The molecule has 0 aliphatic heterocycles. The van der Waals surface area contributed by atoms with Crippen LogP contribution < -0.4 is 0 Å². The molecule has 1 unspecified atom stereocenters. The molecule has 0 amide bonds. The van der Waals surface area contributed by atoms with Crippen molar-refractivity contribution >= 4 is 17.9 Å². The topological polar surface area (TPSA) is 78.9 Å². The van der Waals surface area contributed by atoms with Gasteiger partial charge >= 0.3 is 17.9 Å². The van der Waals surface area contributed by atoms with Gasteiger partial charge in [-0.05, 0) is 122 Å². The lowest BCUT2D eigenvalue weighted by Crippen LogP contribution is -2.30. The largest absolute Gasteiger partial charge is 0.462 e. The highest BCUT2D eigenvalue weighted by Crippen LogP contribution is 2.14. The second kappa shape index (κ2) is 57.6. The van der Waals surface area contributed by atoms with Gasteiger partial charge in [0.05, 0.1) is 0 Å². The zero-order valence-electron chi connectivity index (χ0n) is 45.5. The van der Waals surface area contributed by atoms with Crippen LogP contribution in [0, 0.1) is 0 Å². The van der Waals surface area contributed by atoms with Crippen LogP contribution in [0.15, 0.2) is 109 Å². The van der Waals surface area contributed by atoms with Crippen LogP contribution in [0.2, 0.25) is 0 Å². The fraction of sp³-hybridized carbons (Fsp3) is 0.672. The van der Waals surface area contributed by atoms with E-state index in [-0.39, 0.29) is 31.1 Å². The van der Waals surface area contributed by atoms with E-state index in [0.717, 1.165) is 116 Å². The zero-order valence-corrected chi connectivity index (χ0v) is 45.5. The molecule has 0 fully saturated rings. The molecule has 0 saturated heterocycles. The van der Waals surface area contributed by atoms with Crippen molar-refractivity contribution < 1.29 is 28.6 Å². The molecule has 0 saturated carbocycles. The Hall–Kier alpha value is -3.93. The summed E-state index contributed by atoms with van der Waals surface area (Å²) in [5.74, 6) is -0.963. The summed E-state index contributed by atoms with van der Waals surface area (Å²) < 4.78 is 16.8. The minimum atomic E-state index is -0.806. The van der Waals surface area contributed by atoms with Crippen LogP contribution in [0.1, 0.15) is 258 Å². The Morgan fingerprint density at radius 3 is 0.957 bits per heavy atom. The van der Waals surface area contributed by atoms with E-state index in [2.05, 4.69) is 130 Å². The maximum atomic E-state index is 12.9. The van der Waals surface area contributed by atoms with Crippen molar-refractivity contribution in [1.82, 2.24) is 0 Å². The summed E-state index contributed by atoms with van der Waals surface area (Å²) in [7, 11) is 0. The van der Waals surface area contributed by atoms with E-state index in [1.54, 1.807) is 0 Å². The summed E-state index contributed by atoms with van der Waals surface area (Å²) in [6.45, 7) is 6.43. The van der Waals surface area contributed by atoms with Crippen molar-refractivity contribution in [3.63, 3.8) is 0 Å². The minimum Gasteiger partial charge on any atom is -0.462 e. The summed E-state index contributed by atoms with van der Waals surface area (Å²) in [5, 5.41) is 0. The van der Waals surface area contributed by atoms with E-state index < -0.39 is 6.10 Å². The van der Waals surface area contributed by atoms with Crippen LogP contribution in [0.4, 0.5) is 0 Å². The van der Waals surface area contributed by atoms with Gasteiger partial charge in [0.15, 0.2) is 6.10 Å². The Morgan fingerprint density at radius 2 is 0.571 bits per heavy atom. The number of rotatable bonds is 51. The molecule has 0 aromatic heterocycles. The SMILES string of the molecule is CC/C=C\C/C=C\C/C=C\C/C=C\C/C=C\C/C=C\CCCCC(=O)OCC(COC(=O)CCCCCCC/C=C\C/C=C\CCCC)OC(=O)CCCCCCCCC/C=C\CCCCCCCC. The molecule has 6 heteroatoms. The lowest BCUT2D eigenvalue weighted by atomic mass is 10.1. The maximum Gasteiger partial charge on any atom is 0.306 e. The quantitative estimate of drug-likeness (QED) is 0.0262. The second-order valence-corrected chi connectivity index (χ2v) is 18.8. The van der Waals surface area contributed by atoms with Crippen LogP contribution in [0.5, 0.6) is 0 Å². The number of allylic oxidation sites excluding steroid dienone is 18. The van der Waals surface area contributed by atoms with Crippen LogP contribution in [0.25, 0.3) is 0 Å². The Balaban J connectivity index is 4.49. The Labute approximate surface area is 431 Å². The van der Waals surface area contributed by atoms with Gasteiger partial charge in [-0.3, -0.25) is 14.4 Å². The van der Waals surface area contributed by atoms with E-state index >= 15 is 0 Å². The van der Waals surface area contributed by atoms with Gasteiger partial charge in [-0.2, -0.15) is 0 Å². The first-order chi connectivity index (χ1) is 34.5. The fourth-order valence-corrected chi connectivity index (χ4v) is 7.63. The highest BCUT2D eigenvalue weighted by molar-refractivity contribution is 5.71. The molecule has 70 heavy (non-hydrogen) atoms. The van der Waals surface area contributed by atoms with Crippen molar-refractivity contribution in [2.75, 3.05) is 13.2 Å². The number of unbranched alkanes of at least 4 members (excludes halogenated alkanes) is 22. The molecule has 0 bridgehead atoms. The first-order valence-electron chi connectivity index (χ1n) is 28.9. The average Bonchev–Trinajstić information content (AvgIpc) is 3.36. The van der Waals surface area contributed by atoms with E-state index in [1.165, 1.54) is 96.3 Å². The number of esters is 3. The molecule has 0 rings (SSSR count). The van der Waals surface area contributed by atoms with Gasteiger partial charge in [-0.25, -0.2) is 0 Å². The summed E-state index contributed by atoms with van der Waals surface area (Å²) in [4.78, 5) is 38.2. The van der Waals surface area contributed by atoms with E-state index in [9.17, 15) is 14.4 Å². The van der Waals surface area contributed by atoms with Crippen LogP contribution >= 0.6 is 0 Å². The van der Waals surface area contributed by atoms with Gasteiger partial charge in [0.1, 0.15) is 13.2 Å². The van der Waals surface area contributed by atoms with Crippen molar-refractivity contribution in [1.29, 1.82) is 0 Å². The second-order valence-electron chi connectivity index (χ2n) is 18.8. The molecule has 0 radical (unpaired) electrons. The summed E-state index contributed by atoms with van der Waals surface area (Å²) >= 11 is 0. The molecular formula is C64H106O6. The van der Waals surface area contributed by atoms with Crippen molar-refractivity contribution in [3.05, 3.63) is 109 Å². The monoisotopic (exact) mass is 971 g/mol. The van der Waals surface area contributed by atoms with Gasteiger partial charge in [0.2, 0.25) is 0 Å². The molecule has 1 atom stereocenters. The Morgan fingerprint density at radius 1 is 0.300 bits per heavy atom. The van der Waals surface area contributed by atoms with Gasteiger partial charge in [-0.15, -0.1) is 0 Å². The molecule has 0 aliphatic carbocycles. The maximum absolute atomic E-state index is 12.9. The first kappa shape index (κ1) is 66.1. The molecule has 6 nitrogen and oxygen atoms in total. The lowest BCUT2D eigenvalue weighted by Gasteiger charge is -2.18. The zero-order chi connectivity index (χ0) is 50.7. The Kier molecular flexibility index (Phi) is 54.4. The standard InChI is InChI=1S/C64H106O6/c1-4-7-10-13-16-19-22-25-28-30-31-32-33-35-36-39-42-45-48-51-54-57-63(66)69-60-61(59-68-62(65)56-53-50-47-44-41-38-27-24-21-18-15-12-9-6-3)70-64(67)58-55-52-49-46-43-40-37-34-29-26-23-20-17-14-11-8-5-2/h7,10,15-16,18-19,24-29,31-32,35-36,42,45,61H,4-6,8-9,11-14,17,20-23,30,33-34,37-41,43-44,46-60H2,1-3H3/b10-7-,18-15-,19-16-,27-24-,28-25-,29-26-,32-31-,36-35-,45-42-. The van der Waals surface area contributed by atoms with Crippen molar-refractivity contribution in [2.24, 2.45) is 0 Å². The van der Waals surface area contributed by atoms with E-state index in [1.807, 2.05) is 0 Å². The number of carbonyl (C=O) groups is 3. The highest BCUT2D eigenvalue weighted by Gasteiger charge is 2.19. The molecule has 0 aromatic rings. The number of carbonyl (C=O) groups excluding carboxylic acids is 3. The number of hydrogen-bond acceptors (Lipinski definition) is 6. The van der Waals surface area contributed by atoms with Gasteiger partial charge in [0.25, 0.3) is 0 Å². The predicted molar refractivity (Wildman–Crippen MR) is 302 cm³/mol. The van der Waals surface area contributed by atoms with Gasteiger partial charge < -0.3 is 14.2 Å². The number of hydrogen-bond donors (Lipinski definition) is 0. The van der Waals surface area contributed by atoms with E-state index in [4.69, 9.17) is 14.2 Å². The highest BCUT2D eigenvalue weighted by atomic mass is 16.6. The third-order valence-electron chi connectivity index (χ3n) is 12.0. The average molecular weight is 972 g/mol. The molecule has 0 heterocycles. The van der Waals surface area contributed by atoms with Crippen LogP contribution in [-0.4, -0.2) is 37.2 Å². The third-order valence-corrected chi connectivity index (χ3v) is 12.0. The van der Waals surface area contributed by atoms with Gasteiger partial charge in [-0.1, -0.05) is 226 Å². The smallest absolute Gasteiger partial charge is 0.306 e. The van der Waals surface area contributed by atoms with E-state index in [0.29, 0.717) is 25.7 Å². The number of ether oxygens (including phenoxy) is 3. The van der Waals surface area contributed by atoms with Crippen LogP contribution in [-0.2, 0) is 28.6 Å². The molecule has 0 aromatic carbocycles. The van der Waals surface area contributed by atoms with Gasteiger partial charge in [0, 0.05) is 19.3 Å². The Bertz CT molecular complexity index is 1440. The van der Waals surface area contributed by atoms with Crippen molar-refractivity contribution in [3.8, 4) is 0 Å². The normalized spacial score (nSPS) is 12.9. The lowest BCUT2D eigenvalue weighted by molar-refractivity contribution is -0.167. The third kappa shape index (κ3) is 55.0. The van der Waals surface area contributed by atoms with Crippen molar-refractivity contribution in [2.45, 2.75) is 264 Å². The minimum absolute atomic E-state index is 0.102. The molecule has 398 valence electrons. The molecule has 0 spiro atoms. The van der Waals surface area contributed by atoms with Crippen LogP contribution in [0.3, 0.4) is 0 Å². The summed E-state index contributed by atoms with van der Waals surface area (Å²) in [6.07, 6.45) is 77.9. The predicted octanol–water partition coefficient (Wildman–Crippen LogP) is 19.5. The summed E-state index contributed by atoms with van der Waals surface area (Å²) in [6, 6.07) is 0. The molecular weight excluding hydrogens is 865 g/mol. The molecule has 0 N–H and O–H groups in total. The first-order valence-corrected chi connectivity index (χ1v) is 28.9. The summed E-state index contributed by atoms with van der Waals surface area (Å²) in [5.41, 5.74) is 0.